The van der Waals surface area contributed by atoms with E-state index in [0.717, 1.165) is 12.8 Å². The molecule has 0 aliphatic heterocycles. The van der Waals surface area contributed by atoms with Crippen LogP contribution in [0.15, 0.2) is 0 Å². The lowest BCUT2D eigenvalue weighted by Crippen LogP contribution is -2.11. The third kappa shape index (κ3) is 12.3. The molecular formula is C12H18O8. The number of aliphatic carboxylic acids is 2. The number of rotatable bonds is 11. The molecule has 0 atom stereocenters. The SMILES string of the molecule is O=C(O)CC(=O)OCCCCCCOC(=O)CC(=O)O. The fourth-order valence-electron chi connectivity index (χ4n) is 1.28. The first-order chi connectivity index (χ1) is 9.41. The lowest BCUT2D eigenvalue weighted by molar-refractivity contribution is -0.153. The number of carbonyl (C=O) groups is 4. The number of carboxylic acids is 2. The van der Waals surface area contributed by atoms with E-state index in [0.29, 0.717) is 12.8 Å². The summed E-state index contributed by atoms with van der Waals surface area (Å²) >= 11 is 0. The molecule has 0 saturated heterocycles. The van der Waals surface area contributed by atoms with Crippen LogP contribution in [0, 0.1) is 0 Å². The van der Waals surface area contributed by atoms with Gasteiger partial charge in [0.25, 0.3) is 0 Å². The minimum atomic E-state index is -1.22. The molecule has 0 fully saturated rings. The van der Waals surface area contributed by atoms with Crippen LogP contribution in [-0.2, 0) is 28.7 Å². The van der Waals surface area contributed by atoms with Crippen molar-refractivity contribution >= 4 is 23.9 Å². The monoisotopic (exact) mass is 290 g/mol. The summed E-state index contributed by atoms with van der Waals surface area (Å²) in [4.78, 5) is 42.0. The van der Waals surface area contributed by atoms with Crippen molar-refractivity contribution in [1.82, 2.24) is 0 Å². The minimum Gasteiger partial charge on any atom is -0.481 e. The lowest BCUT2D eigenvalue weighted by Gasteiger charge is -2.04. The average molecular weight is 290 g/mol. The normalized spacial score (nSPS) is 9.80. The minimum absolute atomic E-state index is 0.158. The van der Waals surface area contributed by atoms with Crippen LogP contribution in [-0.4, -0.2) is 47.3 Å². The van der Waals surface area contributed by atoms with Gasteiger partial charge in [-0.1, -0.05) is 0 Å². The Morgan fingerprint density at radius 2 is 1.00 bits per heavy atom. The van der Waals surface area contributed by atoms with E-state index >= 15 is 0 Å². The number of hydrogen-bond donors (Lipinski definition) is 2. The van der Waals surface area contributed by atoms with Crippen molar-refractivity contribution in [2.24, 2.45) is 0 Å². The molecule has 0 aromatic rings. The van der Waals surface area contributed by atoms with Crippen LogP contribution in [0.25, 0.3) is 0 Å². The first-order valence-electron chi connectivity index (χ1n) is 6.16. The molecule has 0 radical (unpaired) electrons. The Bertz CT molecular complexity index is 315. The van der Waals surface area contributed by atoms with Gasteiger partial charge in [0.05, 0.1) is 13.2 Å². The summed E-state index contributed by atoms with van der Waals surface area (Å²) in [6.45, 7) is 0.315. The zero-order valence-corrected chi connectivity index (χ0v) is 11.0. The highest BCUT2D eigenvalue weighted by molar-refractivity contribution is 5.90. The topological polar surface area (TPSA) is 127 Å². The number of esters is 2. The molecular weight excluding hydrogens is 272 g/mol. The van der Waals surface area contributed by atoms with Crippen LogP contribution in [0.2, 0.25) is 0 Å². The third-order valence-corrected chi connectivity index (χ3v) is 2.16. The Hall–Kier alpha value is -2.12. The number of carbonyl (C=O) groups excluding carboxylic acids is 2. The molecule has 0 spiro atoms. The quantitative estimate of drug-likeness (QED) is 0.321. The molecule has 114 valence electrons. The fourth-order valence-corrected chi connectivity index (χ4v) is 1.28. The Labute approximate surface area is 115 Å². The number of ether oxygens (including phenoxy) is 2. The number of carboxylic acid groups (broad SMARTS) is 2. The molecule has 0 aromatic carbocycles. The summed E-state index contributed by atoms with van der Waals surface area (Å²) in [5.41, 5.74) is 0. The van der Waals surface area contributed by atoms with Crippen molar-refractivity contribution < 1.29 is 38.9 Å². The van der Waals surface area contributed by atoms with E-state index < -0.39 is 36.7 Å². The van der Waals surface area contributed by atoms with Gasteiger partial charge < -0.3 is 19.7 Å². The van der Waals surface area contributed by atoms with Crippen LogP contribution in [0.3, 0.4) is 0 Å². The Balaban J connectivity index is 3.33. The molecule has 0 rings (SSSR count). The molecule has 0 unspecified atom stereocenters. The van der Waals surface area contributed by atoms with E-state index in [-0.39, 0.29) is 13.2 Å². The van der Waals surface area contributed by atoms with Crippen LogP contribution < -0.4 is 0 Å². The summed E-state index contributed by atoms with van der Waals surface area (Å²) < 4.78 is 9.34. The lowest BCUT2D eigenvalue weighted by atomic mass is 10.2. The van der Waals surface area contributed by atoms with Crippen LogP contribution in [0.1, 0.15) is 38.5 Å². The van der Waals surface area contributed by atoms with E-state index in [1.165, 1.54) is 0 Å². The molecule has 0 saturated carbocycles. The van der Waals surface area contributed by atoms with Crippen molar-refractivity contribution in [2.75, 3.05) is 13.2 Å². The maximum Gasteiger partial charge on any atom is 0.317 e. The average Bonchev–Trinajstić information content (AvgIpc) is 2.30. The summed E-state index contributed by atoms with van der Waals surface area (Å²) in [6.07, 6.45) is 1.37. The first kappa shape index (κ1) is 17.9. The van der Waals surface area contributed by atoms with E-state index in [2.05, 4.69) is 9.47 Å². The van der Waals surface area contributed by atoms with Crippen LogP contribution in [0.4, 0.5) is 0 Å². The second kappa shape index (κ2) is 10.8. The van der Waals surface area contributed by atoms with Crippen molar-refractivity contribution in [3.8, 4) is 0 Å². The van der Waals surface area contributed by atoms with Gasteiger partial charge in [-0.2, -0.15) is 0 Å². The van der Waals surface area contributed by atoms with Gasteiger partial charge in [0.1, 0.15) is 12.8 Å². The molecule has 0 bridgehead atoms. The van der Waals surface area contributed by atoms with Gasteiger partial charge in [0.15, 0.2) is 0 Å². The fraction of sp³-hybridized carbons (Fsp3) is 0.667. The van der Waals surface area contributed by atoms with Gasteiger partial charge in [0, 0.05) is 0 Å². The highest BCUT2D eigenvalue weighted by atomic mass is 16.5. The smallest absolute Gasteiger partial charge is 0.317 e. The van der Waals surface area contributed by atoms with E-state index in [4.69, 9.17) is 10.2 Å². The van der Waals surface area contributed by atoms with Gasteiger partial charge in [0.2, 0.25) is 0 Å². The third-order valence-electron chi connectivity index (χ3n) is 2.16. The molecule has 8 heteroatoms. The molecule has 20 heavy (non-hydrogen) atoms. The van der Waals surface area contributed by atoms with Crippen molar-refractivity contribution in [3.05, 3.63) is 0 Å². The maximum atomic E-state index is 10.8. The molecule has 2 N–H and O–H groups in total. The summed E-state index contributed by atoms with van der Waals surface area (Å²) in [5.74, 6) is -3.98. The van der Waals surface area contributed by atoms with E-state index in [1.54, 1.807) is 0 Å². The second-order valence-corrected chi connectivity index (χ2v) is 4.00. The molecule has 0 aliphatic carbocycles. The molecule has 0 aliphatic rings. The van der Waals surface area contributed by atoms with Crippen LogP contribution in [0.5, 0.6) is 0 Å². The van der Waals surface area contributed by atoms with Crippen molar-refractivity contribution in [2.45, 2.75) is 38.5 Å². The van der Waals surface area contributed by atoms with Crippen molar-refractivity contribution in [1.29, 1.82) is 0 Å². The number of hydrogen-bond acceptors (Lipinski definition) is 6. The van der Waals surface area contributed by atoms with Gasteiger partial charge in [-0.05, 0) is 25.7 Å². The van der Waals surface area contributed by atoms with Gasteiger partial charge in [-0.3, -0.25) is 19.2 Å². The zero-order chi connectivity index (χ0) is 15.4. The van der Waals surface area contributed by atoms with E-state index in [1.807, 2.05) is 0 Å². The first-order valence-corrected chi connectivity index (χ1v) is 6.16. The molecule has 8 nitrogen and oxygen atoms in total. The standard InChI is InChI=1S/C12H18O8/c13-9(14)7-11(17)19-5-3-1-2-4-6-20-12(18)8-10(15)16/h1-8H2,(H,13,14)(H,15,16). The maximum absolute atomic E-state index is 10.8. The molecule has 0 heterocycles. The zero-order valence-electron chi connectivity index (χ0n) is 11.0. The summed E-state index contributed by atoms with van der Waals surface area (Å²) in [7, 11) is 0. The number of unbranched alkanes of at least 4 members (excludes halogenated alkanes) is 3. The largest absolute Gasteiger partial charge is 0.481 e. The Morgan fingerprint density at radius 1 is 0.650 bits per heavy atom. The van der Waals surface area contributed by atoms with Gasteiger partial charge in [-0.15, -0.1) is 0 Å². The summed E-state index contributed by atoms with van der Waals surface area (Å²) in [5, 5.41) is 16.6. The highest BCUT2D eigenvalue weighted by Crippen LogP contribution is 2.02. The van der Waals surface area contributed by atoms with Gasteiger partial charge >= 0.3 is 23.9 Å². The molecule has 0 aromatic heterocycles. The molecule has 0 amide bonds. The predicted molar refractivity (Wildman–Crippen MR) is 64.9 cm³/mol. The second-order valence-electron chi connectivity index (χ2n) is 4.00. The van der Waals surface area contributed by atoms with Crippen molar-refractivity contribution in [3.63, 3.8) is 0 Å². The van der Waals surface area contributed by atoms with E-state index in [9.17, 15) is 19.2 Å². The summed E-state index contributed by atoms with van der Waals surface area (Å²) in [6, 6.07) is 0. The van der Waals surface area contributed by atoms with Gasteiger partial charge in [-0.25, -0.2) is 0 Å². The predicted octanol–water partition coefficient (Wildman–Crippen LogP) is 0.583. The highest BCUT2D eigenvalue weighted by Gasteiger charge is 2.09. The van der Waals surface area contributed by atoms with Crippen LogP contribution >= 0.6 is 0 Å². The Kier molecular flexibility index (Phi) is 9.63. The Morgan fingerprint density at radius 3 is 1.30 bits per heavy atom.